The van der Waals surface area contributed by atoms with E-state index in [9.17, 15) is 4.39 Å². The van der Waals surface area contributed by atoms with Crippen molar-refractivity contribution >= 4 is 6.21 Å². The Kier molecular flexibility index (Phi) is 2.37. The molecule has 0 radical (unpaired) electrons. The van der Waals surface area contributed by atoms with Crippen molar-refractivity contribution in [3.8, 4) is 0 Å². The van der Waals surface area contributed by atoms with Gasteiger partial charge in [-0.25, -0.2) is 4.39 Å². The molecule has 0 aromatic heterocycles. The van der Waals surface area contributed by atoms with Gasteiger partial charge in [0.1, 0.15) is 5.82 Å². The molecule has 84 valence electrons. The molecule has 2 aromatic rings. The molecule has 0 saturated heterocycles. The first-order valence-electron chi connectivity index (χ1n) is 5.47. The predicted octanol–water partition coefficient (Wildman–Crippen LogP) is 2.85. The highest BCUT2D eigenvalue weighted by molar-refractivity contribution is 5.83. The van der Waals surface area contributed by atoms with Crippen LogP contribution in [0.1, 0.15) is 22.7 Å². The third kappa shape index (κ3) is 1.80. The highest BCUT2D eigenvalue weighted by Gasteiger charge is 2.18. The lowest BCUT2D eigenvalue weighted by Gasteiger charge is -2.22. The molecule has 1 unspecified atom stereocenters. The van der Waals surface area contributed by atoms with Crippen molar-refractivity contribution in [2.75, 3.05) is 0 Å². The fraction of sp³-hybridized carbons (Fsp3) is 0.0714. The van der Waals surface area contributed by atoms with Gasteiger partial charge in [0, 0.05) is 5.56 Å². The number of benzene rings is 2. The summed E-state index contributed by atoms with van der Waals surface area (Å²) in [6.45, 7) is 0. The van der Waals surface area contributed by atoms with Crippen LogP contribution in [0.25, 0.3) is 0 Å². The Balaban J connectivity index is 2.09. The maximum Gasteiger partial charge on any atom is 0.123 e. The first-order chi connectivity index (χ1) is 8.34. The Bertz CT molecular complexity index is 578. The van der Waals surface area contributed by atoms with E-state index in [0.29, 0.717) is 0 Å². The van der Waals surface area contributed by atoms with Crippen LogP contribution in [0.4, 0.5) is 4.39 Å². The summed E-state index contributed by atoms with van der Waals surface area (Å²) in [7, 11) is 0. The molecular formula is C14H11FN2. The van der Waals surface area contributed by atoms with E-state index in [0.717, 1.165) is 16.7 Å². The van der Waals surface area contributed by atoms with Gasteiger partial charge < -0.3 is 0 Å². The number of rotatable bonds is 1. The fourth-order valence-electron chi connectivity index (χ4n) is 2.08. The second-order valence-electron chi connectivity index (χ2n) is 4.00. The summed E-state index contributed by atoms with van der Waals surface area (Å²) in [6, 6.07) is 14.5. The Labute approximate surface area is 98.8 Å². The summed E-state index contributed by atoms with van der Waals surface area (Å²) in [4.78, 5) is 0. The first kappa shape index (κ1) is 10.0. The Morgan fingerprint density at radius 2 is 1.94 bits per heavy atom. The molecule has 2 aromatic carbocycles. The van der Waals surface area contributed by atoms with Crippen LogP contribution in [0.3, 0.4) is 0 Å². The molecular weight excluding hydrogens is 215 g/mol. The third-order valence-electron chi connectivity index (χ3n) is 2.90. The van der Waals surface area contributed by atoms with E-state index in [2.05, 4.69) is 10.5 Å². The zero-order valence-electron chi connectivity index (χ0n) is 9.10. The van der Waals surface area contributed by atoms with Crippen LogP contribution < -0.4 is 5.43 Å². The number of halogens is 1. The van der Waals surface area contributed by atoms with E-state index in [1.807, 2.05) is 30.3 Å². The van der Waals surface area contributed by atoms with Gasteiger partial charge in [-0.3, -0.25) is 5.43 Å². The Hall–Kier alpha value is -2.16. The summed E-state index contributed by atoms with van der Waals surface area (Å²) in [6.07, 6.45) is 1.78. The van der Waals surface area contributed by atoms with Crippen LogP contribution >= 0.6 is 0 Å². The molecule has 1 heterocycles. The van der Waals surface area contributed by atoms with Crippen LogP contribution in [0.15, 0.2) is 53.6 Å². The third-order valence-corrected chi connectivity index (χ3v) is 2.90. The molecule has 3 heteroatoms. The van der Waals surface area contributed by atoms with Gasteiger partial charge in [-0.15, -0.1) is 0 Å². The second-order valence-corrected chi connectivity index (χ2v) is 4.00. The molecule has 2 nitrogen and oxygen atoms in total. The van der Waals surface area contributed by atoms with Crippen molar-refractivity contribution in [3.05, 3.63) is 71.0 Å². The molecule has 1 N–H and O–H groups in total. The zero-order valence-corrected chi connectivity index (χ0v) is 9.10. The van der Waals surface area contributed by atoms with Gasteiger partial charge in [-0.05, 0) is 23.3 Å². The van der Waals surface area contributed by atoms with Gasteiger partial charge in [0.2, 0.25) is 0 Å². The fourth-order valence-corrected chi connectivity index (χ4v) is 2.08. The molecule has 3 rings (SSSR count). The van der Waals surface area contributed by atoms with E-state index >= 15 is 0 Å². The minimum atomic E-state index is -0.226. The molecule has 1 aliphatic heterocycles. The van der Waals surface area contributed by atoms with Gasteiger partial charge in [0.25, 0.3) is 0 Å². The lowest BCUT2D eigenvalue weighted by molar-refractivity contribution is 0.603. The van der Waals surface area contributed by atoms with Crippen LogP contribution in [-0.2, 0) is 0 Å². The minimum Gasteiger partial charge on any atom is -0.298 e. The summed E-state index contributed by atoms with van der Waals surface area (Å²) >= 11 is 0. The average Bonchev–Trinajstić information content (AvgIpc) is 2.38. The predicted molar refractivity (Wildman–Crippen MR) is 65.4 cm³/mol. The second kappa shape index (κ2) is 4.01. The van der Waals surface area contributed by atoms with Crippen LogP contribution in [0.5, 0.6) is 0 Å². The molecule has 0 spiro atoms. The number of nitrogens with zero attached hydrogens (tertiary/aromatic N) is 1. The number of nitrogens with one attached hydrogen (secondary N) is 1. The maximum absolute atomic E-state index is 13.2. The topological polar surface area (TPSA) is 24.4 Å². The SMILES string of the molecule is Fc1cccc(C2NN=Cc3ccccc32)c1. The van der Waals surface area contributed by atoms with Crippen molar-refractivity contribution < 1.29 is 4.39 Å². The first-order valence-corrected chi connectivity index (χ1v) is 5.47. The highest BCUT2D eigenvalue weighted by atomic mass is 19.1. The van der Waals surface area contributed by atoms with Crippen LogP contribution in [-0.4, -0.2) is 6.21 Å². The van der Waals surface area contributed by atoms with E-state index in [4.69, 9.17) is 0 Å². The van der Waals surface area contributed by atoms with Gasteiger partial charge in [0.05, 0.1) is 12.3 Å². The molecule has 17 heavy (non-hydrogen) atoms. The van der Waals surface area contributed by atoms with Crippen LogP contribution in [0, 0.1) is 5.82 Å². The maximum atomic E-state index is 13.2. The number of hydrazone groups is 1. The van der Waals surface area contributed by atoms with Gasteiger partial charge in [-0.1, -0.05) is 36.4 Å². The van der Waals surface area contributed by atoms with Gasteiger partial charge in [-0.2, -0.15) is 5.10 Å². The molecule has 0 aliphatic carbocycles. The van der Waals surface area contributed by atoms with E-state index in [1.54, 1.807) is 12.3 Å². The molecule has 0 amide bonds. The Morgan fingerprint density at radius 3 is 2.82 bits per heavy atom. The van der Waals surface area contributed by atoms with Gasteiger partial charge in [0.15, 0.2) is 0 Å². The normalized spacial score (nSPS) is 17.4. The molecule has 0 bridgehead atoms. The number of hydrogen-bond acceptors (Lipinski definition) is 2. The lowest BCUT2D eigenvalue weighted by Crippen LogP contribution is -2.22. The zero-order chi connectivity index (χ0) is 11.7. The van der Waals surface area contributed by atoms with Crippen molar-refractivity contribution in [2.45, 2.75) is 6.04 Å². The van der Waals surface area contributed by atoms with Crippen molar-refractivity contribution in [1.82, 2.24) is 5.43 Å². The molecule has 0 saturated carbocycles. The van der Waals surface area contributed by atoms with Crippen molar-refractivity contribution in [1.29, 1.82) is 0 Å². The number of hydrogen-bond donors (Lipinski definition) is 1. The smallest absolute Gasteiger partial charge is 0.123 e. The van der Waals surface area contributed by atoms with E-state index in [1.165, 1.54) is 12.1 Å². The van der Waals surface area contributed by atoms with Crippen molar-refractivity contribution in [3.63, 3.8) is 0 Å². The number of fused-ring (bicyclic) bond motifs is 1. The standard InChI is InChI=1S/C14H11FN2/c15-12-6-3-5-10(8-12)14-13-7-2-1-4-11(13)9-16-17-14/h1-9,14,17H. The van der Waals surface area contributed by atoms with Crippen molar-refractivity contribution in [2.24, 2.45) is 5.10 Å². The van der Waals surface area contributed by atoms with Gasteiger partial charge >= 0.3 is 0 Å². The summed E-state index contributed by atoms with van der Waals surface area (Å²) in [5, 5.41) is 4.11. The summed E-state index contributed by atoms with van der Waals surface area (Å²) < 4.78 is 13.2. The molecule has 1 aliphatic rings. The summed E-state index contributed by atoms with van der Waals surface area (Å²) in [5.74, 6) is -0.226. The molecule has 1 atom stereocenters. The van der Waals surface area contributed by atoms with Crippen LogP contribution in [0.2, 0.25) is 0 Å². The van der Waals surface area contributed by atoms with E-state index < -0.39 is 0 Å². The quantitative estimate of drug-likeness (QED) is 0.794. The average molecular weight is 226 g/mol. The largest absolute Gasteiger partial charge is 0.298 e. The lowest BCUT2D eigenvalue weighted by atomic mass is 9.94. The van der Waals surface area contributed by atoms with E-state index in [-0.39, 0.29) is 11.9 Å². The monoisotopic (exact) mass is 226 g/mol. The minimum absolute atomic E-state index is 0.0769. The molecule has 0 fully saturated rings. The summed E-state index contributed by atoms with van der Waals surface area (Å²) in [5.41, 5.74) is 6.09. The Morgan fingerprint density at radius 1 is 1.06 bits per heavy atom. The highest BCUT2D eigenvalue weighted by Crippen LogP contribution is 2.26.